The minimum atomic E-state index is -0.0916. The molecular formula is C30H40N6. The highest BCUT2D eigenvalue weighted by Gasteiger charge is 2.38. The molecule has 0 saturated carbocycles. The first kappa shape index (κ1) is 23.4. The Labute approximate surface area is 215 Å². The van der Waals surface area contributed by atoms with Crippen LogP contribution in [0.25, 0.3) is 5.65 Å². The van der Waals surface area contributed by atoms with Crippen molar-refractivity contribution in [2.24, 2.45) is 0 Å². The summed E-state index contributed by atoms with van der Waals surface area (Å²) in [5.41, 5.74) is 4.62. The molecule has 36 heavy (non-hydrogen) atoms. The van der Waals surface area contributed by atoms with Crippen LogP contribution in [0.1, 0.15) is 75.6 Å². The summed E-state index contributed by atoms with van der Waals surface area (Å²) < 4.78 is 2.10. The minimum Gasteiger partial charge on any atom is -0.366 e. The molecule has 5 heterocycles. The summed E-state index contributed by atoms with van der Waals surface area (Å²) in [6.07, 6.45) is 9.44. The highest BCUT2D eigenvalue weighted by molar-refractivity contribution is 5.60. The molecule has 2 aromatic heterocycles. The molecule has 2 unspecified atom stereocenters. The number of aromatic nitrogens is 3. The summed E-state index contributed by atoms with van der Waals surface area (Å²) in [7, 11) is 2.21. The first-order valence-electron chi connectivity index (χ1n) is 13.9. The zero-order valence-corrected chi connectivity index (χ0v) is 22.0. The average Bonchev–Trinajstić information content (AvgIpc) is 3.60. The zero-order chi connectivity index (χ0) is 24.7. The maximum Gasteiger partial charge on any atom is 0.160 e. The standard InChI is InChI=1S/C30H40N6/c1-23-30(2,24-13-5-4-6-14-24)16-8-10-17-33(3)29-22-27(34-18-11-12-19-34)31-28-21-25(32-36(28)29)26-15-7-9-20-35(23)26/h4-6,13-14,21-22,26H,1,7-12,15-20H2,2-3H3. The van der Waals surface area contributed by atoms with Gasteiger partial charge in [-0.25, -0.2) is 4.98 Å². The number of nitrogens with zero attached hydrogens (tertiary/aromatic N) is 6. The van der Waals surface area contributed by atoms with Gasteiger partial charge in [-0.3, -0.25) is 0 Å². The molecule has 0 amide bonds. The van der Waals surface area contributed by atoms with E-state index in [1.807, 2.05) is 0 Å². The molecule has 0 radical (unpaired) electrons. The highest BCUT2D eigenvalue weighted by Crippen LogP contribution is 2.44. The smallest absolute Gasteiger partial charge is 0.160 e. The van der Waals surface area contributed by atoms with E-state index in [9.17, 15) is 0 Å². The third-order valence-corrected chi connectivity index (χ3v) is 8.89. The van der Waals surface area contributed by atoms with Gasteiger partial charge in [-0.15, -0.1) is 0 Å². The van der Waals surface area contributed by atoms with Crippen molar-refractivity contribution >= 4 is 17.3 Å². The summed E-state index contributed by atoms with van der Waals surface area (Å²) in [5, 5.41) is 5.23. The van der Waals surface area contributed by atoms with Crippen molar-refractivity contribution < 1.29 is 0 Å². The summed E-state index contributed by atoms with van der Waals surface area (Å²) in [6.45, 7) is 11.4. The maximum atomic E-state index is 5.23. The van der Waals surface area contributed by atoms with Crippen LogP contribution in [0.15, 0.2) is 54.7 Å². The lowest BCUT2D eigenvalue weighted by molar-refractivity contribution is 0.163. The molecule has 3 aromatic rings. The number of anilines is 2. The Hall–Kier alpha value is -3.02. The number of allylic oxidation sites excluding steroid dienone is 1. The predicted octanol–water partition coefficient (Wildman–Crippen LogP) is 5.95. The Morgan fingerprint density at radius 3 is 2.47 bits per heavy atom. The van der Waals surface area contributed by atoms with Gasteiger partial charge in [0.15, 0.2) is 5.65 Å². The molecule has 0 aliphatic carbocycles. The van der Waals surface area contributed by atoms with Gasteiger partial charge in [-0.1, -0.05) is 50.3 Å². The van der Waals surface area contributed by atoms with E-state index < -0.39 is 0 Å². The molecule has 2 saturated heterocycles. The van der Waals surface area contributed by atoms with E-state index in [2.05, 4.69) is 75.7 Å². The lowest BCUT2D eigenvalue weighted by Crippen LogP contribution is -2.41. The van der Waals surface area contributed by atoms with Crippen LogP contribution in [-0.4, -0.2) is 52.7 Å². The first-order chi connectivity index (χ1) is 17.5. The Kier molecular flexibility index (Phi) is 6.14. The lowest BCUT2D eigenvalue weighted by Gasteiger charge is -2.45. The van der Waals surface area contributed by atoms with Crippen LogP contribution in [0.4, 0.5) is 11.6 Å². The third kappa shape index (κ3) is 4.04. The summed E-state index contributed by atoms with van der Waals surface area (Å²) in [4.78, 5) is 12.5. The van der Waals surface area contributed by atoms with Gasteiger partial charge >= 0.3 is 0 Å². The molecule has 6 rings (SSSR count). The third-order valence-electron chi connectivity index (χ3n) is 8.89. The van der Waals surface area contributed by atoms with Crippen molar-refractivity contribution in [1.29, 1.82) is 0 Å². The molecule has 3 aliphatic rings. The van der Waals surface area contributed by atoms with Gasteiger partial charge in [-0.2, -0.15) is 9.61 Å². The second-order valence-electron chi connectivity index (χ2n) is 11.2. The quantitative estimate of drug-likeness (QED) is 0.450. The molecule has 0 spiro atoms. The van der Waals surface area contributed by atoms with Crippen molar-refractivity contribution in [1.82, 2.24) is 19.5 Å². The second kappa shape index (κ2) is 9.45. The Balaban J connectivity index is 1.46. The van der Waals surface area contributed by atoms with Crippen LogP contribution in [0.5, 0.6) is 0 Å². The molecule has 190 valence electrons. The van der Waals surface area contributed by atoms with Gasteiger partial charge in [0.1, 0.15) is 11.6 Å². The van der Waals surface area contributed by atoms with Crippen molar-refractivity contribution in [2.45, 2.75) is 69.7 Å². The van der Waals surface area contributed by atoms with Crippen LogP contribution in [-0.2, 0) is 5.41 Å². The normalized spacial score (nSPS) is 25.6. The van der Waals surface area contributed by atoms with E-state index in [4.69, 9.17) is 16.7 Å². The van der Waals surface area contributed by atoms with E-state index in [-0.39, 0.29) is 11.5 Å². The molecule has 2 fully saturated rings. The Bertz CT molecular complexity index is 1230. The van der Waals surface area contributed by atoms with Crippen molar-refractivity contribution in [3.8, 4) is 0 Å². The van der Waals surface area contributed by atoms with Gasteiger partial charge in [0.05, 0.1) is 11.7 Å². The summed E-state index contributed by atoms with van der Waals surface area (Å²) in [6, 6.07) is 15.8. The number of hydrogen-bond acceptors (Lipinski definition) is 5. The van der Waals surface area contributed by atoms with Crippen molar-refractivity contribution in [3.63, 3.8) is 0 Å². The minimum absolute atomic E-state index is 0.0916. The molecule has 3 aliphatic heterocycles. The van der Waals surface area contributed by atoms with Gasteiger partial charge in [0.25, 0.3) is 0 Å². The molecule has 0 N–H and O–H groups in total. The number of fused-ring (bicyclic) bond motifs is 3. The van der Waals surface area contributed by atoms with Crippen LogP contribution in [0.2, 0.25) is 0 Å². The SMILES string of the molecule is C=C1N2CCCCC2c2cc3nc(N4CCCC4)cc(n3n2)N(C)CCCCC1(C)c1ccccc1. The molecule has 2 bridgehead atoms. The van der Waals surface area contributed by atoms with Gasteiger partial charge in [0.2, 0.25) is 0 Å². The first-order valence-corrected chi connectivity index (χ1v) is 13.9. The molecule has 6 heteroatoms. The van der Waals surface area contributed by atoms with Crippen LogP contribution < -0.4 is 9.80 Å². The van der Waals surface area contributed by atoms with E-state index >= 15 is 0 Å². The fourth-order valence-corrected chi connectivity index (χ4v) is 6.59. The zero-order valence-electron chi connectivity index (χ0n) is 22.0. The molecule has 6 nitrogen and oxygen atoms in total. The number of piperidine rings is 1. The van der Waals surface area contributed by atoms with E-state index in [1.54, 1.807) is 0 Å². The molecule has 1 aromatic carbocycles. The highest BCUT2D eigenvalue weighted by atomic mass is 15.4. The monoisotopic (exact) mass is 484 g/mol. The fraction of sp³-hybridized carbons (Fsp3) is 0.533. The van der Waals surface area contributed by atoms with Gasteiger partial charge in [0, 0.05) is 56.5 Å². The summed E-state index contributed by atoms with van der Waals surface area (Å²) >= 11 is 0. The number of hydrogen-bond donors (Lipinski definition) is 0. The van der Waals surface area contributed by atoms with Crippen molar-refractivity contribution in [3.05, 3.63) is 66.0 Å². The van der Waals surface area contributed by atoms with E-state index in [1.165, 1.54) is 36.9 Å². The maximum absolute atomic E-state index is 5.23. The van der Waals surface area contributed by atoms with Crippen LogP contribution in [0.3, 0.4) is 0 Å². The van der Waals surface area contributed by atoms with Crippen LogP contribution in [0, 0.1) is 0 Å². The number of benzene rings is 1. The van der Waals surface area contributed by atoms with E-state index in [0.29, 0.717) is 0 Å². The Morgan fingerprint density at radius 2 is 1.67 bits per heavy atom. The Morgan fingerprint density at radius 1 is 0.917 bits per heavy atom. The fourth-order valence-electron chi connectivity index (χ4n) is 6.59. The molecular weight excluding hydrogens is 444 g/mol. The topological polar surface area (TPSA) is 39.9 Å². The predicted molar refractivity (Wildman–Crippen MR) is 148 cm³/mol. The number of rotatable bonds is 2. The van der Waals surface area contributed by atoms with Crippen molar-refractivity contribution in [2.75, 3.05) is 43.0 Å². The summed E-state index contributed by atoms with van der Waals surface area (Å²) in [5.74, 6) is 2.25. The second-order valence-corrected chi connectivity index (χ2v) is 11.2. The molecule has 2 atom stereocenters. The van der Waals surface area contributed by atoms with Crippen LogP contribution >= 0.6 is 0 Å². The van der Waals surface area contributed by atoms with Gasteiger partial charge < -0.3 is 14.7 Å². The average molecular weight is 485 g/mol. The van der Waals surface area contributed by atoms with E-state index in [0.717, 1.165) is 74.8 Å². The lowest BCUT2D eigenvalue weighted by atomic mass is 9.74. The largest absolute Gasteiger partial charge is 0.366 e. The van der Waals surface area contributed by atoms with Gasteiger partial charge in [-0.05, 0) is 50.5 Å².